The van der Waals surface area contributed by atoms with E-state index in [1.165, 1.54) is 4.90 Å². The van der Waals surface area contributed by atoms with E-state index in [2.05, 4.69) is 10.6 Å². The fourth-order valence-electron chi connectivity index (χ4n) is 4.11. The zero-order chi connectivity index (χ0) is 26.4. The maximum absolute atomic E-state index is 13.3. The second-order valence-electron chi connectivity index (χ2n) is 8.74. The molecular formula is C28H28ClN3O5. The SMILES string of the molecule is COCCNC(=O)[C@@H]1[C@@H](c2cccc(NC(=O)c3cccc(Cl)c3)c2)OC(=O)N1Cc1ccc(C)cc1. The summed E-state index contributed by atoms with van der Waals surface area (Å²) in [5, 5.41) is 6.11. The van der Waals surface area contributed by atoms with Gasteiger partial charge in [0.05, 0.1) is 13.2 Å². The smallest absolute Gasteiger partial charge is 0.411 e. The maximum atomic E-state index is 13.3. The highest BCUT2D eigenvalue weighted by Crippen LogP contribution is 2.35. The molecule has 192 valence electrons. The van der Waals surface area contributed by atoms with E-state index in [1.54, 1.807) is 55.6 Å². The number of amides is 3. The number of carbonyl (C=O) groups is 3. The molecule has 0 spiro atoms. The van der Waals surface area contributed by atoms with Crippen LogP contribution in [0.1, 0.15) is 33.2 Å². The van der Waals surface area contributed by atoms with Crippen molar-refractivity contribution in [1.29, 1.82) is 0 Å². The van der Waals surface area contributed by atoms with E-state index in [9.17, 15) is 14.4 Å². The number of cyclic esters (lactones) is 1. The van der Waals surface area contributed by atoms with E-state index in [-0.39, 0.29) is 18.4 Å². The van der Waals surface area contributed by atoms with Crippen molar-refractivity contribution in [1.82, 2.24) is 10.2 Å². The van der Waals surface area contributed by atoms with Gasteiger partial charge in [-0.15, -0.1) is 0 Å². The molecule has 1 fully saturated rings. The Morgan fingerprint density at radius 2 is 1.81 bits per heavy atom. The lowest BCUT2D eigenvalue weighted by molar-refractivity contribution is -0.126. The van der Waals surface area contributed by atoms with Crippen molar-refractivity contribution in [2.75, 3.05) is 25.6 Å². The number of nitrogens with one attached hydrogen (secondary N) is 2. The van der Waals surface area contributed by atoms with Gasteiger partial charge in [-0.25, -0.2) is 4.79 Å². The van der Waals surface area contributed by atoms with Crippen LogP contribution in [-0.4, -0.2) is 49.1 Å². The molecule has 37 heavy (non-hydrogen) atoms. The van der Waals surface area contributed by atoms with Crippen molar-refractivity contribution in [3.63, 3.8) is 0 Å². The van der Waals surface area contributed by atoms with Crippen LogP contribution in [-0.2, 0) is 20.8 Å². The van der Waals surface area contributed by atoms with E-state index in [4.69, 9.17) is 21.1 Å². The number of ether oxygens (including phenoxy) is 2. The molecule has 0 bridgehead atoms. The number of carbonyl (C=O) groups excluding carboxylic acids is 3. The van der Waals surface area contributed by atoms with Crippen molar-refractivity contribution in [3.8, 4) is 0 Å². The molecule has 3 aromatic rings. The van der Waals surface area contributed by atoms with Crippen LogP contribution < -0.4 is 10.6 Å². The monoisotopic (exact) mass is 521 g/mol. The van der Waals surface area contributed by atoms with Crippen molar-refractivity contribution in [2.45, 2.75) is 25.6 Å². The fraction of sp³-hybridized carbons (Fsp3) is 0.250. The first-order chi connectivity index (χ1) is 17.9. The zero-order valence-corrected chi connectivity index (χ0v) is 21.3. The van der Waals surface area contributed by atoms with E-state index < -0.39 is 18.2 Å². The van der Waals surface area contributed by atoms with Crippen LogP contribution in [0.2, 0.25) is 5.02 Å². The summed E-state index contributed by atoms with van der Waals surface area (Å²) in [7, 11) is 1.55. The summed E-state index contributed by atoms with van der Waals surface area (Å²) < 4.78 is 10.8. The Hall–Kier alpha value is -3.88. The van der Waals surface area contributed by atoms with Gasteiger partial charge < -0.3 is 20.1 Å². The van der Waals surface area contributed by atoms with Gasteiger partial charge in [-0.3, -0.25) is 14.5 Å². The van der Waals surface area contributed by atoms with Crippen LogP contribution in [0.15, 0.2) is 72.8 Å². The van der Waals surface area contributed by atoms with E-state index in [1.807, 2.05) is 31.2 Å². The van der Waals surface area contributed by atoms with Gasteiger partial charge in [0.25, 0.3) is 5.91 Å². The van der Waals surface area contributed by atoms with Crippen molar-refractivity contribution >= 4 is 35.2 Å². The van der Waals surface area contributed by atoms with Gasteiger partial charge in [0.15, 0.2) is 12.1 Å². The minimum Gasteiger partial charge on any atom is -0.438 e. The summed E-state index contributed by atoms with van der Waals surface area (Å²) in [5.74, 6) is -0.689. The molecule has 0 unspecified atom stereocenters. The second-order valence-corrected chi connectivity index (χ2v) is 9.17. The molecule has 0 radical (unpaired) electrons. The highest BCUT2D eigenvalue weighted by molar-refractivity contribution is 6.31. The molecule has 3 aromatic carbocycles. The summed E-state index contributed by atoms with van der Waals surface area (Å²) in [6.07, 6.45) is -1.46. The Bertz CT molecular complexity index is 1280. The molecule has 8 nitrogen and oxygen atoms in total. The predicted molar refractivity (Wildman–Crippen MR) is 140 cm³/mol. The van der Waals surface area contributed by atoms with Gasteiger partial charge in [0, 0.05) is 29.9 Å². The Labute approximate surface area is 220 Å². The van der Waals surface area contributed by atoms with Crippen molar-refractivity contribution in [2.24, 2.45) is 0 Å². The lowest BCUT2D eigenvalue weighted by atomic mass is 10.00. The van der Waals surface area contributed by atoms with Crippen molar-refractivity contribution < 1.29 is 23.9 Å². The first-order valence-electron chi connectivity index (χ1n) is 11.8. The van der Waals surface area contributed by atoms with Gasteiger partial charge >= 0.3 is 6.09 Å². The molecule has 0 aromatic heterocycles. The van der Waals surface area contributed by atoms with Gasteiger partial charge in [0.2, 0.25) is 5.91 Å². The average molecular weight is 522 g/mol. The highest BCUT2D eigenvalue weighted by atomic mass is 35.5. The molecule has 1 aliphatic rings. The molecule has 3 amide bonds. The van der Waals surface area contributed by atoms with Crippen LogP contribution >= 0.6 is 11.6 Å². The molecule has 0 saturated carbocycles. The Morgan fingerprint density at radius 3 is 2.54 bits per heavy atom. The molecular weight excluding hydrogens is 494 g/mol. The quantitative estimate of drug-likeness (QED) is 0.397. The van der Waals surface area contributed by atoms with Crippen LogP contribution in [0.3, 0.4) is 0 Å². The summed E-state index contributed by atoms with van der Waals surface area (Å²) in [5.41, 5.74) is 3.45. The normalized spacial score (nSPS) is 16.8. The van der Waals surface area contributed by atoms with Gasteiger partial charge in [0.1, 0.15) is 0 Å². The van der Waals surface area contributed by atoms with Crippen LogP contribution in [0.25, 0.3) is 0 Å². The van der Waals surface area contributed by atoms with Gasteiger partial charge in [-0.1, -0.05) is 59.6 Å². The molecule has 2 atom stereocenters. The van der Waals surface area contributed by atoms with Gasteiger partial charge in [-0.05, 0) is 48.4 Å². The molecule has 4 rings (SSSR count). The number of benzene rings is 3. The molecule has 0 aliphatic carbocycles. The third kappa shape index (κ3) is 6.47. The van der Waals surface area contributed by atoms with E-state index >= 15 is 0 Å². The second kappa shape index (κ2) is 11.9. The summed E-state index contributed by atoms with van der Waals surface area (Å²) >= 11 is 6.01. The van der Waals surface area contributed by atoms with Crippen LogP contribution in [0, 0.1) is 6.92 Å². The Balaban J connectivity index is 1.59. The Kier molecular flexibility index (Phi) is 8.43. The van der Waals surface area contributed by atoms with Crippen molar-refractivity contribution in [3.05, 3.63) is 100 Å². The zero-order valence-electron chi connectivity index (χ0n) is 20.6. The van der Waals surface area contributed by atoms with E-state index in [0.29, 0.717) is 35.0 Å². The number of nitrogens with zero attached hydrogens (tertiary/aromatic N) is 1. The minimum absolute atomic E-state index is 0.211. The predicted octanol–water partition coefficient (Wildman–Crippen LogP) is 4.73. The number of hydrogen-bond donors (Lipinski definition) is 2. The minimum atomic E-state index is -0.912. The standard InChI is InChI=1S/C28H28ClN3O5/c1-18-9-11-19(12-10-18)17-32-24(27(34)30-13-14-36-2)25(37-28(32)35)20-5-4-8-23(16-20)31-26(33)21-6-3-7-22(29)15-21/h3-12,15-16,24-25H,13-14,17H2,1-2H3,(H,30,34)(H,31,33)/t24-,25+/m0/s1. The number of anilines is 1. The lowest BCUT2D eigenvalue weighted by Gasteiger charge is -2.24. The highest BCUT2D eigenvalue weighted by Gasteiger charge is 2.47. The first kappa shape index (κ1) is 26.2. The molecule has 9 heteroatoms. The molecule has 1 heterocycles. The number of halogens is 1. The Morgan fingerprint density at radius 1 is 1.05 bits per heavy atom. The van der Waals surface area contributed by atoms with Crippen LogP contribution in [0.4, 0.5) is 10.5 Å². The average Bonchev–Trinajstić information content (AvgIpc) is 3.21. The third-order valence-electron chi connectivity index (χ3n) is 5.99. The topological polar surface area (TPSA) is 97.0 Å². The third-order valence-corrected chi connectivity index (χ3v) is 6.23. The lowest BCUT2D eigenvalue weighted by Crippen LogP contribution is -2.47. The molecule has 1 aliphatic heterocycles. The fourth-order valence-corrected chi connectivity index (χ4v) is 4.30. The van der Waals surface area contributed by atoms with Crippen LogP contribution in [0.5, 0.6) is 0 Å². The van der Waals surface area contributed by atoms with Gasteiger partial charge in [-0.2, -0.15) is 0 Å². The van der Waals surface area contributed by atoms with E-state index in [0.717, 1.165) is 11.1 Å². The summed E-state index contributed by atoms with van der Waals surface area (Å²) in [6.45, 7) is 2.82. The number of aryl methyl sites for hydroxylation is 1. The summed E-state index contributed by atoms with van der Waals surface area (Å²) in [4.78, 5) is 40.4. The summed E-state index contributed by atoms with van der Waals surface area (Å²) in [6, 6.07) is 20.4. The number of hydrogen-bond acceptors (Lipinski definition) is 5. The molecule has 2 N–H and O–H groups in total. The number of methoxy groups -OCH3 is 1. The molecule has 1 saturated heterocycles. The largest absolute Gasteiger partial charge is 0.438 e. The first-order valence-corrected chi connectivity index (χ1v) is 12.2. The number of rotatable bonds is 9. The maximum Gasteiger partial charge on any atom is 0.411 e.